The maximum absolute atomic E-state index is 12.4. The third-order valence-electron chi connectivity index (χ3n) is 1.40. The molecule has 82 valence electrons. The number of nitrogens with zero attached hydrogens (tertiary/aromatic N) is 1. The van der Waals surface area contributed by atoms with Crippen LogP contribution in [0.15, 0.2) is 18.3 Å². The second kappa shape index (κ2) is 4.35. The molecule has 0 bridgehead atoms. The van der Waals surface area contributed by atoms with Crippen LogP contribution in [-0.2, 0) is 14.6 Å². The van der Waals surface area contributed by atoms with Gasteiger partial charge in [-0.05, 0) is 12.1 Å². The van der Waals surface area contributed by atoms with Crippen molar-refractivity contribution in [3.63, 3.8) is 0 Å². The second-order valence-corrected chi connectivity index (χ2v) is 5.13. The molecule has 7 heteroatoms. The van der Waals surface area contributed by atoms with E-state index < -0.39 is 27.4 Å². The lowest BCUT2D eigenvalue weighted by Crippen LogP contribution is -2.21. The van der Waals surface area contributed by atoms with Gasteiger partial charge in [0.1, 0.15) is 5.75 Å². The van der Waals surface area contributed by atoms with E-state index in [0.29, 0.717) is 0 Å². The Kier molecular flexibility index (Phi) is 3.35. The summed E-state index contributed by atoms with van der Waals surface area (Å²) in [5, 5.41) is 2.28. The number of rotatable bonds is 3. The lowest BCUT2D eigenvalue weighted by Gasteiger charge is -2.02. The van der Waals surface area contributed by atoms with E-state index >= 15 is 0 Å². The van der Waals surface area contributed by atoms with E-state index in [9.17, 15) is 17.6 Å². The van der Waals surface area contributed by atoms with Crippen molar-refractivity contribution in [1.29, 1.82) is 0 Å². The third-order valence-corrected chi connectivity index (χ3v) is 2.19. The number of carbonyl (C=O) groups is 1. The van der Waals surface area contributed by atoms with Crippen LogP contribution < -0.4 is 5.32 Å². The number of aromatic nitrogens is 1. The minimum absolute atomic E-state index is 0.255. The highest BCUT2D eigenvalue weighted by Gasteiger charge is 2.10. The predicted octanol–water partition coefficient (Wildman–Crippen LogP) is 0.204. The molecule has 0 spiro atoms. The molecular formula is C8H9FN2O3S. The Morgan fingerprint density at radius 2 is 2.20 bits per heavy atom. The molecule has 0 aromatic carbocycles. The zero-order valence-electron chi connectivity index (χ0n) is 7.90. The maximum Gasteiger partial charge on any atom is 0.239 e. The van der Waals surface area contributed by atoms with E-state index in [0.717, 1.165) is 18.5 Å². The summed E-state index contributed by atoms with van der Waals surface area (Å²) in [4.78, 5) is 14.4. The van der Waals surface area contributed by atoms with Crippen LogP contribution in [0.1, 0.15) is 0 Å². The van der Waals surface area contributed by atoms with Crippen molar-refractivity contribution in [2.45, 2.75) is 0 Å². The standard InChI is InChI=1S/C8H9FN2O3S/c1-15(13,14)5-8(12)11-6-2-3-7(9)10-4-6/h2-4H,5H2,1H3,(H,11,12). The highest BCUT2D eigenvalue weighted by atomic mass is 32.2. The Morgan fingerprint density at radius 3 is 2.67 bits per heavy atom. The number of hydrogen-bond acceptors (Lipinski definition) is 4. The summed E-state index contributed by atoms with van der Waals surface area (Å²) < 4.78 is 33.9. The summed E-state index contributed by atoms with van der Waals surface area (Å²) in [6.45, 7) is 0. The molecule has 0 aliphatic rings. The third kappa shape index (κ3) is 4.50. The van der Waals surface area contributed by atoms with Crippen molar-refractivity contribution >= 4 is 21.4 Å². The maximum atomic E-state index is 12.4. The Labute approximate surface area is 86.2 Å². The highest BCUT2D eigenvalue weighted by Crippen LogP contribution is 2.04. The SMILES string of the molecule is CS(=O)(=O)CC(=O)Nc1ccc(F)nc1. The van der Waals surface area contributed by atoms with Gasteiger partial charge in [0.05, 0.1) is 11.9 Å². The van der Waals surface area contributed by atoms with Gasteiger partial charge in [-0.25, -0.2) is 13.4 Å². The van der Waals surface area contributed by atoms with Crippen LogP contribution in [0, 0.1) is 5.95 Å². The first-order valence-electron chi connectivity index (χ1n) is 3.96. The second-order valence-electron chi connectivity index (χ2n) is 2.99. The van der Waals surface area contributed by atoms with Crippen LogP contribution in [0.4, 0.5) is 10.1 Å². The van der Waals surface area contributed by atoms with E-state index in [-0.39, 0.29) is 5.69 Å². The number of sulfone groups is 1. The van der Waals surface area contributed by atoms with Crippen molar-refractivity contribution in [2.75, 3.05) is 17.3 Å². The number of pyridine rings is 1. The summed E-state index contributed by atoms with van der Waals surface area (Å²) in [5.41, 5.74) is 0.255. The molecule has 1 heterocycles. The molecule has 1 rings (SSSR count). The van der Waals surface area contributed by atoms with Gasteiger partial charge >= 0.3 is 0 Å². The molecule has 1 amide bonds. The number of anilines is 1. The van der Waals surface area contributed by atoms with Crippen molar-refractivity contribution in [3.8, 4) is 0 Å². The van der Waals surface area contributed by atoms with Crippen molar-refractivity contribution in [3.05, 3.63) is 24.3 Å². The summed E-state index contributed by atoms with van der Waals surface area (Å²) in [5.74, 6) is -1.95. The van der Waals surface area contributed by atoms with Gasteiger partial charge < -0.3 is 5.32 Å². The molecule has 0 fully saturated rings. The smallest absolute Gasteiger partial charge is 0.239 e. The Hall–Kier alpha value is -1.50. The minimum Gasteiger partial charge on any atom is -0.324 e. The van der Waals surface area contributed by atoms with Gasteiger partial charge in [0.25, 0.3) is 0 Å². The fraction of sp³-hybridized carbons (Fsp3) is 0.250. The number of carbonyl (C=O) groups excluding carboxylic acids is 1. The fourth-order valence-corrected chi connectivity index (χ4v) is 1.43. The van der Waals surface area contributed by atoms with Gasteiger partial charge in [0.15, 0.2) is 9.84 Å². The van der Waals surface area contributed by atoms with E-state index in [2.05, 4.69) is 10.3 Å². The van der Waals surface area contributed by atoms with Gasteiger partial charge in [-0.2, -0.15) is 4.39 Å². The zero-order chi connectivity index (χ0) is 11.5. The monoisotopic (exact) mass is 232 g/mol. The summed E-state index contributed by atoms with van der Waals surface area (Å²) in [7, 11) is -3.36. The first-order chi connectivity index (χ1) is 6.87. The van der Waals surface area contributed by atoms with Crippen LogP contribution >= 0.6 is 0 Å². The van der Waals surface area contributed by atoms with Crippen molar-refractivity contribution in [1.82, 2.24) is 4.98 Å². The van der Waals surface area contributed by atoms with Gasteiger partial charge in [-0.3, -0.25) is 4.79 Å². The van der Waals surface area contributed by atoms with Gasteiger partial charge in [0.2, 0.25) is 11.9 Å². The van der Waals surface area contributed by atoms with Crippen molar-refractivity contribution < 1.29 is 17.6 Å². The largest absolute Gasteiger partial charge is 0.324 e. The van der Waals surface area contributed by atoms with Gasteiger partial charge in [-0.1, -0.05) is 0 Å². The van der Waals surface area contributed by atoms with E-state index in [1.165, 1.54) is 6.07 Å². The minimum atomic E-state index is -3.36. The quantitative estimate of drug-likeness (QED) is 0.755. The van der Waals surface area contributed by atoms with Crippen molar-refractivity contribution in [2.24, 2.45) is 0 Å². The molecule has 15 heavy (non-hydrogen) atoms. The van der Waals surface area contributed by atoms with Gasteiger partial charge in [0, 0.05) is 6.26 Å². The molecule has 0 aliphatic heterocycles. The molecule has 0 radical (unpaired) electrons. The summed E-state index contributed by atoms with van der Waals surface area (Å²) >= 11 is 0. The Bertz CT molecular complexity index is 455. The van der Waals surface area contributed by atoms with Crippen LogP contribution in [-0.4, -0.2) is 31.3 Å². The first kappa shape index (κ1) is 11.6. The highest BCUT2D eigenvalue weighted by molar-refractivity contribution is 7.91. The molecule has 0 unspecified atom stereocenters. The summed E-state index contributed by atoms with van der Waals surface area (Å²) in [6, 6.07) is 2.36. The molecule has 0 saturated carbocycles. The molecule has 1 aromatic rings. The zero-order valence-corrected chi connectivity index (χ0v) is 8.71. The Balaban J connectivity index is 2.63. The van der Waals surface area contributed by atoms with Crippen LogP contribution in [0.2, 0.25) is 0 Å². The fourth-order valence-electron chi connectivity index (χ4n) is 0.885. The topological polar surface area (TPSA) is 76.1 Å². The average Bonchev–Trinajstić information content (AvgIpc) is 2.05. The molecule has 0 atom stereocenters. The molecule has 1 N–H and O–H groups in total. The lowest BCUT2D eigenvalue weighted by atomic mass is 10.4. The number of amides is 1. The van der Waals surface area contributed by atoms with E-state index in [1.807, 2.05) is 0 Å². The first-order valence-corrected chi connectivity index (χ1v) is 6.02. The van der Waals surface area contributed by atoms with Crippen LogP contribution in [0.25, 0.3) is 0 Å². The average molecular weight is 232 g/mol. The summed E-state index contributed by atoms with van der Waals surface area (Å²) in [6.07, 6.45) is 2.06. The Morgan fingerprint density at radius 1 is 1.53 bits per heavy atom. The van der Waals surface area contributed by atoms with Gasteiger partial charge in [-0.15, -0.1) is 0 Å². The van der Waals surface area contributed by atoms with E-state index in [4.69, 9.17) is 0 Å². The number of hydrogen-bond donors (Lipinski definition) is 1. The number of halogens is 1. The molecule has 5 nitrogen and oxygen atoms in total. The van der Waals surface area contributed by atoms with Crippen LogP contribution in [0.3, 0.4) is 0 Å². The molecular weight excluding hydrogens is 223 g/mol. The van der Waals surface area contributed by atoms with E-state index in [1.54, 1.807) is 0 Å². The molecule has 0 aliphatic carbocycles. The lowest BCUT2D eigenvalue weighted by molar-refractivity contribution is -0.113. The van der Waals surface area contributed by atoms with Crippen LogP contribution in [0.5, 0.6) is 0 Å². The molecule has 1 aromatic heterocycles. The predicted molar refractivity (Wildman–Crippen MR) is 52.5 cm³/mol. The normalized spacial score (nSPS) is 11.1. The molecule has 0 saturated heterocycles. The number of nitrogens with one attached hydrogen (secondary N) is 1.